The highest BCUT2D eigenvalue weighted by Gasteiger charge is 2.48. The lowest BCUT2D eigenvalue weighted by Crippen LogP contribution is -2.49. The molecule has 0 spiro atoms. The summed E-state index contributed by atoms with van der Waals surface area (Å²) in [5.74, 6) is 0. The summed E-state index contributed by atoms with van der Waals surface area (Å²) in [7, 11) is 0.977. The predicted molar refractivity (Wildman–Crippen MR) is 147 cm³/mol. The van der Waals surface area contributed by atoms with Crippen LogP contribution < -0.4 is 0 Å². The normalized spacial score (nSPS) is 14.9. The minimum absolute atomic E-state index is 0.0599. The van der Waals surface area contributed by atoms with Gasteiger partial charge in [-0.15, -0.1) is 0 Å². The SMILES string of the molecule is CCCC/C=C\CC/C=C\CCCCCCCCCCCCCC(O)(C[N+](C)(C)C)P(=O)(O)O. The van der Waals surface area contributed by atoms with E-state index < -0.39 is 12.9 Å². The molecule has 3 N–H and O–H groups in total. The summed E-state index contributed by atoms with van der Waals surface area (Å²) in [5.41, 5.74) is 0. The van der Waals surface area contributed by atoms with Crippen LogP contribution in [0, 0.1) is 0 Å². The van der Waals surface area contributed by atoms with Gasteiger partial charge >= 0.3 is 7.60 Å². The van der Waals surface area contributed by atoms with Crippen LogP contribution in [0.1, 0.15) is 122 Å². The summed E-state index contributed by atoms with van der Waals surface area (Å²) in [6.07, 6.45) is 29.8. The second-order valence-corrected chi connectivity index (χ2v) is 13.0. The fraction of sp³-hybridized carbons (Fsp3) is 0.857. The summed E-state index contributed by atoms with van der Waals surface area (Å²) in [5, 5.41) is 8.65. The largest absolute Gasteiger partial charge is 0.373 e. The Morgan fingerprint density at radius 2 is 1.03 bits per heavy atom. The molecule has 0 aliphatic rings. The molecule has 0 rings (SSSR count). The van der Waals surface area contributed by atoms with Crippen molar-refractivity contribution >= 4 is 7.60 Å². The van der Waals surface area contributed by atoms with E-state index in [9.17, 15) is 19.5 Å². The third-order valence-electron chi connectivity index (χ3n) is 6.28. The van der Waals surface area contributed by atoms with Gasteiger partial charge in [-0.25, -0.2) is 0 Å². The van der Waals surface area contributed by atoms with Crippen LogP contribution in [0.5, 0.6) is 0 Å². The van der Waals surface area contributed by atoms with Crippen molar-refractivity contribution in [1.29, 1.82) is 0 Å². The molecule has 6 heteroatoms. The molecule has 0 aromatic heterocycles. The predicted octanol–water partition coefficient (Wildman–Crippen LogP) is 7.71. The van der Waals surface area contributed by atoms with Crippen molar-refractivity contribution in [2.75, 3.05) is 27.7 Å². The molecule has 202 valence electrons. The number of likely N-dealkylation sites (N-methyl/N-ethyl adjacent to an activating group) is 1. The molecule has 0 aliphatic heterocycles. The van der Waals surface area contributed by atoms with Crippen molar-refractivity contribution in [3.63, 3.8) is 0 Å². The third-order valence-corrected chi connectivity index (χ3v) is 7.72. The summed E-state index contributed by atoms with van der Waals surface area (Å²) in [4.78, 5) is 19.2. The van der Waals surface area contributed by atoms with Crippen LogP contribution in [0.2, 0.25) is 0 Å². The summed E-state index contributed by atoms with van der Waals surface area (Å²) in [6, 6.07) is 0. The first-order valence-corrected chi connectivity index (χ1v) is 15.5. The Hall–Kier alpha value is -0.450. The van der Waals surface area contributed by atoms with Gasteiger partial charge in [-0.2, -0.15) is 0 Å². The lowest BCUT2D eigenvalue weighted by Gasteiger charge is -2.35. The van der Waals surface area contributed by atoms with E-state index in [0.717, 1.165) is 12.8 Å². The van der Waals surface area contributed by atoms with Gasteiger partial charge in [0.2, 0.25) is 5.34 Å². The first kappa shape index (κ1) is 33.5. The quantitative estimate of drug-likeness (QED) is 0.0578. The third kappa shape index (κ3) is 19.8. The summed E-state index contributed by atoms with van der Waals surface area (Å²) in [6.45, 7) is 2.30. The molecular weight excluding hydrogens is 445 g/mol. The Morgan fingerprint density at radius 3 is 1.44 bits per heavy atom. The zero-order chi connectivity index (χ0) is 25.8. The van der Waals surface area contributed by atoms with Crippen LogP contribution >= 0.6 is 7.60 Å². The molecule has 0 heterocycles. The van der Waals surface area contributed by atoms with Crippen molar-refractivity contribution in [2.45, 2.75) is 128 Å². The average molecular weight is 503 g/mol. The molecule has 0 aromatic carbocycles. The van der Waals surface area contributed by atoms with E-state index >= 15 is 0 Å². The number of allylic oxidation sites excluding steroid dienone is 4. The number of aliphatic hydroxyl groups is 1. The van der Waals surface area contributed by atoms with Gasteiger partial charge in [-0.05, 0) is 44.9 Å². The van der Waals surface area contributed by atoms with Crippen molar-refractivity contribution in [3.8, 4) is 0 Å². The Balaban J connectivity index is 3.56. The van der Waals surface area contributed by atoms with E-state index in [1.807, 2.05) is 21.1 Å². The second-order valence-electron chi connectivity index (χ2n) is 11.1. The number of hydrogen-bond acceptors (Lipinski definition) is 2. The molecule has 0 bridgehead atoms. The van der Waals surface area contributed by atoms with Crippen molar-refractivity contribution < 1.29 is 23.9 Å². The van der Waals surface area contributed by atoms with Gasteiger partial charge in [-0.1, -0.05) is 102 Å². The molecule has 0 aromatic rings. The van der Waals surface area contributed by atoms with Crippen molar-refractivity contribution in [3.05, 3.63) is 24.3 Å². The van der Waals surface area contributed by atoms with E-state index in [0.29, 0.717) is 10.9 Å². The zero-order valence-electron chi connectivity index (χ0n) is 22.9. The smallest absolute Gasteiger partial charge is 0.362 e. The zero-order valence-corrected chi connectivity index (χ0v) is 23.8. The van der Waals surface area contributed by atoms with Crippen LogP contribution in [0.4, 0.5) is 0 Å². The number of nitrogens with zero attached hydrogens (tertiary/aromatic N) is 1. The van der Waals surface area contributed by atoms with E-state index in [4.69, 9.17) is 0 Å². The Morgan fingerprint density at radius 1 is 0.647 bits per heavy atom. The molecule has 0 amide bonds. The lowest BCUT2D eigenvalue weighted by atomic mass is 10.0. The number of rotatable bonds is 23. The first-order valence-electron chi connectivity index (χ1n) is 13.9. The summed E-state index contributed by atoms with van der Waals surface area (Å²) >= 11 is 0. The minimum atomic E-state index is -4.55. The average Bonchev–Trinajstić information content (AvgIpc) is 2.73. The first-order chi connectivity index (χ1) is 16.0. The van der Waals surface area contributed by atoms with E-state index in [1.165, 1.54) is 89.9 Å². The molecule has 0 saturated heterocycles. The number of unbranched alkanes of at least 4 members (excludes halogenated alkanes) is 14. The molecular formula is C28H57NO4P+. The van der Waals surface area contributed by atoms with Gasteiger partial charge < -0.3 is 19.4 Å². The van der Waals surface area contributed by atoms with Gasteiger partial charge in [-0.3, -0.25) is 4.57 Å². The van der Waals surface area contributed by atoms with E-state index in [1.54, 1.807) is 0 Å². The fourth-order valence-electron chi connectivity index (χ4n) is 4.32. The molecule has 0 radical (unpaired) electrons. The van der Waals surface area contributed by atoms with Gasteiger partial charge in [0, 0.05) is 0 Å². The van der Waals surface area contributed by atoms with Crippen LogP contribution in [0.25, 0.3) is 0 Å². The van der Waals surface area contributed by atoms with E-state index in [-0.39, 0.29) is 13.0 Å². The fourth-order valence-corrected chi connectivity index (χ4v) is 5.38. The maximum atomic E-state index is 11.8. The van der Waals surface area contributed by atoms with Gasteiger partial charge in [0.25, 0.3) is 0 Å². The van der Waals surface area contributed by atoms with Crippen LogP contribution in [-0.2, 0) is 4.57 Å². The van der Waals surface area contributed by atoms with Crippen LogP contribution in [0.15, 0.2) is 24.3 Å². The van der Waals surface area contributed by atoms with Crippen molar-refractivity contribution in [2.24, 2.45) is 0 Å². The highest BCUT2D eigenvalue weighted by Crippen LogP contribution is 2.52. The maximum absolute atomic E-state index is 11.8. The minimum Gasteiger partial charge on any atom is -0.373 e. The topological polar surface area (TPSA) is 77.8 Å². The molecule has 0 saturated carbocycles. The monoisotopic (exact) mass is 502 g/mol. The molecule has 1 unspecified atom stereocenters. The Labute approximate surface area is 211 Å². The summed E-state index contributed by atoms with van der Waals surface area (Å²) < 4.78 is 12.1. The van der Waals surface area contributed by atoms with Gasteiger partial charge in [0.15, 0.2) is 0 Å². The highest BCUT2D eigenvalue weighted by atomic mass is 31.2. The number of quaternary nitrogens is 1. The van der Waals surface area contributed by atoms with Gasteiger partial charge in [0.05, 0.1) is 21.1 Å². The number of hydrogen-bond donors (Lipinski definition) is 3. The standard InChI is InChI=1S/C28H56NO4P/c1-5-6-7-8-9-10-11-12-13-14-15-16-17-18-19-20-21-22-23-24-25-26-28(30,34(31,32)33)27-29(2,3)4/h8-9,12-13,30H,5-7,10-11,14-27H2,1-4H3,(H-,31,32,33)/p+1/b9-8-,13-12-. The molecule has 5 nitrogen and oxygen atoms in total. The Bertz CT molecular complexity index is 579. The van der Waals surface area contributed by atoms with E-state index in [2.05, 4.69) is 31.2 Å². The maximum Gasteiger partial charge on any atom is 0.362 e. The molecule has 1 atom stereocenters. The molecule has 0 fully saturated rings. The lowest BCUT2D eigenvalue weighted by molar-refractivity contribution is -0.875. The Kier molecular flexibility index (Phi) is 19.4. The molecule has 34 heavy (non-hydrogen) atoms. The second kappa shape index (κ2) is 19.7. The molecule has 0 aliphatic carbocycles. The van der Waals surface area contributed by atoms with Crippen LogP contribution in [-0.4, -0.2) is 52.4 Å². The van der Waals surface area contributed by atoms with Gasteiger partial charge in [0.1, 0.15) is 6.54 Å². The van der Waals surface area contributed by atoms with Crippen LogP contribution in [0.3, 0.4) is 0 Å². The highest BCUT2D eigenvalue weighted by molar-refractivity contribution is 7.53. The van der Waals surface area contributed by atoms with Crippen molar-refractivity contribution in [1.82, 2.24) is 0 Å².